The van der Waals surface area contributed by atoms with Crippen LogP contribution in [0.25, 0.3) is 10.8 Å². The molecule has 1 N–H and O–H groups in total. The zero-order chi connectivity index (χ0) is 12.5. The molecule has 2 rings (SSSR count). The predicted octanol–water partition coefficient (Wildman–Crippen LogP) is 2.71. The fourth-order valence-corrected chi connectivity index (χ4v) is 1.61. The Kier molecular flexibility index (Phi) is 2.68. The summed E-state index contributed by atoms with van der Waals surface area (Å²) in [7, 11) is 0. The maximum Gasteiger partial charge on any atom is 0.143 e. The standard InChI is InChI=1S/C13H14N4/c1-13(2,3)17-12-11-4-5-15-8-9(11)6-10(7-14)16-12/h4-6,8H,1-3H3,(H,16,17). The maximum atomic E-state index is 8.96. The molecule has 0 bridgehead atoms. The zero-order valence-electron chi connectivity index (χ0n) is 10.2. The van der Waals surface area contributed by atoms with Crippen LogP contribution in [0, 0.1) is 11.3 Å². The van der Waals surface area contributed by atoms with Crippen LogP contribution in [0.15, 0.2) is 24.5 Å². The Hall–Kier alpha value is -2.15. The Balaban J connectivity index is 2.64. The molecule has 2 aromatic rings. The van der Waals surface area contributed by atoms with E-state index in [1.807, 2.05) is 6.07 Å². The number of hydrogen-bond acceptors (Lipinski definition) is 4. The van der Waals surface area contributed by atoms with Crippen LogP contribution < -0.4 is 5.32 Å². The average Bonchev–Trinajstić information content (AvgIpc) is 2.26. The van der Waals surface area contributed by atoms with Gasteiger partial charge in [-0.3, -0.25) is 4.98 Å². The second kappa shape index (κ2) is 4.02. The summed E-state index contributed by atoms with van der Waals surface area (Å²) in [5.41, 5.74) is 0.300. The van der Waals surface area contributed by atoms with Gasteiger partial charge in [-0.15, -0.1) is 0 Å². The van der Waals surface area contributed by atoms with Crippen molar-refractivity contribution in [1.29, 1.82) is 5.26 Å². The van der Waals surface area contributed by atoms with E-state index in [1.54, 1.807) is 18.5 Å². The summed E-state index contributed by atoms with van der Waals surface area (Å²) in [6.07, 6.45) is 3.47. The molecule has 2 heterocycles. The molecule has 0 unspecified atom stereocenters. The molecule has 0 aliphatic heterocycles. The summed E-state index contributed by atoms with van der Waals surface area (Å²) < 4.78 is 0. The quantitative estimate of drug-likeness (QED) is 0.812. The first kappa shape index (κ1) is 11.3. The van der Waals surface area contributed by atoms with Crippen molar-refractivity contribution in [1.82, 2.24) is 9.97 Å². The SMILES string of the molecule is CC(C)(C)Nc1nc(C#N)cc2cnccc12. The van der Waals surface area contributed by atoms with E-state index >= 15 is 0 Å². The van der Waals surface area contributed by atoms with E-state index in [9.17, 15) is 0 Å². The van der Waals surface area contributed by atoms with Crippen molar-refractivity contribution >= 4 is 16.6 Å². The Morgan fingerprint density at radius 3 is 2.76 bits per heavy atom. The first-order valence-electron chi connectivity index (χ1n) is 5.43. The Labute approximate surface area is 100 Å². The number of nitriles is 1. The number of rotatable bonds is 1. The fourth-order valence-electron chi connectivity index (χ4n) is 1.61. The number of fused-ring (bicyclic) bond motifs is 1. The highest BCUT2D eigenvalue weighted by Crippen LogP contribution is 2.24. The molecular formula is C13H14N4. The fraction of sp³-hybridized carbons (Fsp3) is 0.308. The molecule has 0 aliphatic carbocycles. The molecule has 0 saturated carbocycles. The zero-order valence-corrected chi connectivity index (χ0v) is 10.2. The van der Waals surface area contributed by atoms with E-state index in [-0.39, 0.29) is 5.54 Å². The van der Waals surface area contributed by atoms with Crippen molar-refractivity contribution in [3.05, 3.63) is 30.2 Å². The Morgan fingerprint density at radius 2 is 2.12 bits per heavy atom. The molecule has 0 radical (unpaired) electrons. The normalized spacial score (nSPS) is 11.2. The van der Waals surface area contributed by atoms with E-state index in [0.717, 1.165) is 16.6 Å². The van der Waals surface area contributed by atoms with Crippen LogP contribution in [0.4, 0.5) is 5.82 Å². The van der Waals surface area contributed by atoms with Gasteiger partial charge in [0, 0.05) is 28.7 Å². The van der Waals surface area contributed by atoms with Crippen molar-refractivity contribution in [2.75, 3.05) is 5.32 Å². The van der Waals surface area contributed by atoms with Crippen LogP contribution >= 0.6 is 0 Å². The smallest absolute Gasteiger partial charge is 0.143 e. The minimum atomic E-state index is -0.0999. The molecule has 0 aromatic carbocycles. The van der Waals surface area contributed by atoms with Crippen molar-refractivity contribution in [3.63, 3.8) is 0 Å². The summed E-state index contributed by atoms with van der Waals surface area (Å²) in [6, 6.07) is 5.71. The molecule has 0 atom stereocenters. The van der Waals surface area contributed by atoms with E-state index in [0.29, 0.717) is 5.69 Å². The van der Waals surface area contributed by atoms with Crippen LogP contribution in [0.3, 0.4) is 0 Å². The second-order valence-corrected chi connectivity index (χ2v) is 4.94. The molecule has 17 heavy (non-hydrogen) atoms. The highest BCUT2D eigenvalue weighted by molar-refractivity contribution is 5.92. The summed E-state index contributed by atoms with van der Waals surface area (Å²) in [6.45, 7) is 6.17. The predicted molar refractivity (Wildman–Crippen MR) is 67.6 cm³/mol. The molecule has 0 saturated heterocycles. The first-order chi connectivity index (χ1) is 7.99. The lowest BCUT2D eigenvalue weighted by molar-refractivity contribution is 0.631. The van der Waals surface area contributed by atoms with E-state index in [1.165, 1.54) is 0 Å². The van der Waals surface area contributed by atoms with Gasteiger partial charge in [0.05, 0.1) is 0 Å². The van der Waals surface area contributed by atoms with Gasteiger partial charge in [-0.25, -0.2) is 4.98 Å². The second-order valence-electron chi connectivity index (χ2n) is 4.94. The molecule has 4 nitrogen and oxygen atoms in total. The third-order valence-electron chi connectivity index (χ3n) is 2.24. The molecule has 0 aliphatic rings. The van der Waals surface area contributed by atoms with Crippen molar-refractivity contribution in [3.8, 4) is 6.07 Å². The summed E-state index contributed by atoms with van der Waals surface area (Å²) in [4.78, 5) is 8.37. The van der Waals surface area contributed by atoms with Gasteiger partial charge < -0.3 is 5.32 Å². The minimum Gasteiger partial charge on any atom is -0.365 e. The summed E-state index contributed by atoms with van der Waals surface area (Å²) >= 11 is 0. The van der Waals surface area contributed by atoms with Crippen molar-refractivity contribution in [2.24, 2.45) is 0 Å². The van der Waals surface area contributed by atoms with Gasteiger partial charge in [0.25, 0.3) is 0 Å². The van der Waals surface area contributed by atoms with Crippen molar-refractivity contribution < 1.29 is 0 Å². The lowest BCUT2D eigenvalue weighted by Crippen LogP contribution is -2.27. The van der Waals surface area contributed by atoms with Crippen LogP contribution in [0.1, 0.15) is 26.5 Å². The van der Waals surface area contributed by atoms with Crippen LogP contribution in [0.2, 0.25) is 0 Å². The molecule has 0 fully saturated rings. The number of hydrogen-bond donors (Lipinski definition) is 1. The van der Waals surface area contributed by atoms with Crippen LogP contribution in [-0.4, -0.2) is 15.5 Å². The lowest BCUT2D eigenvalue weighted by Gasteiger charge is -2.22. The summed E-state index contributed by atoms with van der Waals surface area (Å²) in [5.74, 6) is 0.731. The third kappa shape index (κ3) is 2.51. The number of nitrogens with zero attached hydrogens (tertiary/aromatic N) is 3. The van der Waals surface area contributed by atoms with Crippen LogP contribution in [-0.2, 0) is 0 Å². The molecule has 86 valence electrons. The highest BCUT2D eigenvalue weighted by atomic mass is 15.0. The van der Waals surface area contributed by atoms with Gasteiger partial charge in [0.15, 0.2) is 0 Å². The van der Waals surface area contributed by atoms with Gasteiger partial charge in [-0.1, -0.05) is 0 Å². The molecule has 0 amide bonds. The molecule has 0 spiro atoms. The summed E-state index contributed by atoms with van der Waals surface area (Å²) in [5, 5.41) is 14.2. The average molecular weight is 226 g/mol. The Bertz CT molecular complexity index is 590. The van der Waals surface area contributed by atoms with Gasteiger partial charge in [-0.2, -0.15) is 5.26 Å². The number of aromatic nitrogens is 2. The van der Waals surface area contributed by atoms with E-state index in [2.05, 4.69) is 42.1 Å². The largest absolute Gasteiger partial charge is 0.365 e. The molecule has 2 aromatic heterocycles. The lowest BCUT2D eigenvalue weighted by atomic mass is 10.1. The maximum absolute atomic E-state index is 8.96. The number of anilines is 1. The van der Waals surface area contributed by atoms with Gasteiger partial charge >= 0.3 is 0 Å². The van der Waals surface area contributed by atoms with Gasteiger partial charge in [0.2, 0.25) is 0 Å². The third-order valence-corrected chi connectivity index (χ3v) is 2.24. The van der Waals surface area contributed by atoms with Gasteiger partial charge in [-0.05, 0) is 32.9 Å². The monoisotopic (exact) mass is 226 g/mol. The van der Waals surface area contributed by atoms with Crippen LogP contribution in [0.5, 0.6) is 0 Å². The van der Waals surface area contributed by atoms with Crippen molar-refractivity contribution in [2.45, 2.75) is 26.3 Å². The van der Waals surface area contributed by atoms with E-state index < -0.39 is 0 Å². The minimum absolute atomic E-state index is 0.0999. The van der Waals surface area contributed by atoms with Gasteiger partial charge in [0.1, 0.15) is 17.6 Å². The Morgan fingerprint density at radius 1 is 1.35 bits per heavy atom. The first-order valence-corrected chi connectivity index (χ1v) is 5.43. The number of pyridine rings is 2. The van der Waals surface area contributed by atoms with E-state index in [4.69, 9.17) is 5.26 Å². The number of nitrogens with one attached hydrogen (secondary N) is 1. The topological polar surface area (TPSA) is 61.6 Å². The molecular weight excluding hydrogens is 212 g/mol. The molecule has 4 heteroatoms. The highest BCUT2D eigenvalue weighted by Gasteiger charge is 2.13.